The molecule has 0 bridgehead atoms. The lowest BCUT2D eigenvalue weighted by molar-refractivity contribution is -0.212. The summed E-state index contributed by atoms with van der Waals surface area (Å²) in [5, 5.41) is 7.10. The average molecular weight is 504 g/mol. The second-order valence-electron chi connectivity index (χ2n) is 10.5. The molecule has 2 spiro atoms. The van der Waals surface area contributed by atoms with E-state index in [0.717, 1.165) is 12.5 Å². The van der Waals surface area contributed by atoms with E-state index in [1.54, 1.807) is 9.80 Å². The highest BCUT2D eigenvalue weighted by atomic mass is 19.4. The van der Waals surface area contributed by atoms with Crippen molar-refractivity contribution in [2.24, 2.45) is 10.8 Å². The van der Waals surface area contributed by atoms with Crippen molar-refractivity contribution in [1.29, 1.82) is 0 Å². The summed E-state index contributed by atoms with van der Waals surface area (Å²) in [5.74, 6) is -1.14. The molecule has 0 radical (unpaired) electrons. The second-order valence-corrected chi connectivity index (χ2v) is 10.5. The van der Waals surface area contributed by atoms with E-state index in [9.17, 15) is 31.1 Å². The summed E-state index contributed by atoms with van der Waals surface area (Å²) in [5.41, 5.74) is 0.297. The summed E-state index contributed by atoms with van der Waals surface area (Å²) >= 11 is 0. The first-order valence-corrected chi connectivity index (χ1v) is 11.2. The van der Waals surface area contributed by atoms with Crippen LogP contribution in [0.4, 0.5) is 31.1 Å². The minimum atomic E-state index is -4.56. The highest BCUT2D eigenvalue weighted by molar-refractivity contribution is 5.77. The van der Waals surface area contributed by atoms with E-state index in [1.807, 2.05) is 4.90 Å². The van der Waals surface area contributed by atoms with Gasteiger partial charge in [0.1, 0.15) is 6.33 Å². The van der Waals surface area contributed by atoms with E-state index in [-0.39, 0.29) is 27.6 Å². The van der Waals surface area contributed by atoms with Gasteiger partial charge in [-0.05, 0) is 18.9 Å². The van der Waals surface area contributed by atoms with E-state index in [0.29, 0.717) is 64.3 Å². The quantitative estimate of drug-likeness (QED) is 0.601. The number of hydrogen-bond donors (Lipinski definition) is 0. The molecule has 2 aromatic heterocycles. The molecule has 4 aliphatic rings. The van der Waals surface area contributed by atoms with Gasteiger partial charge in [0.25, 0.3) is 5.82 Å². The molecule has 35 heavy (non-hydrogen) atoms. The highest BCUT2D eigenvalue weighted by Gasteiger charge is 2.58. The maximum Gasteiger partial charge on any atom is 0.504 e. The lowest BCUT2D eigenvalue weighted by Crippen LogP contribution is -2.75. The van der Waals surface area contributed by atoms with Gasteiger partial charge in [0.15, 0.2) is 0 Å². The largest absolute Gasteiger partial charge is 0.504 e. The van der Waals surface area contributed by atoms with Crippen LogP contribution < -0.4 is 0 Å². The first-order chi connectivity index (χ1) is 16.3. The van der Waals surface area contributed by atoms with Gasteiger partial charge in [-0.3, -0.25) is 4.90 Å². The Labute approximate surface area is 195 Å². The first kappa shape index (κ1) is 22.6. The third kappa shape index (κ3) is 3.83. The van der Waals surface area contributed by atoms with Crippen LogP contribution in [0, 0.1) is 10.8 Å². The van der Waals surface area contributed by atoms with Gasteiger partial charge in [0, 0.05) is 62.8 Å². The summed E-state index contributed by atoms with van der Waals surface area (Å²) in [6.45, 7) is 4.15. The molecule has 9 nitrogen and oxygen atoms in total. The van der Waals surface area contributed by atoms with Gasteiger partial charge in [0.05, 0.1) is 11.7 Å². The molecule has 2 aromatic rings. The number of amides is 2. The number of aromatic nitrogens is 5. The molecule has 5 heterocycles. The van der Waals surface area contributed by atoms with Gasteiger partial charge in [-0.2, -0.15) is 23.0 Å². The minimum Gasteiger partial charge on any atom is -0.323 e. The fraction of sp³-hybridized carbons (Fsp3) is 0.700. The topological polar surface area (TPSA) is 75.3 Å². The average Bonchev–Trinajstić information content (AvgIpc) is 3.29. The standard InChI is InChI=1S/C20H22F6N8O/c21-19(22,23)15-27-12-33(29-15)14-3-17(4-14)8-31(9-17)16(35)32-10-18(11-32)6-30(7-18)5-13-1-2-34(28-13)20(24,25)26/h1-2,12,14H,3-11H2. The Kier molecular flexibility index (Phi) is 4.59. The number of alkyl halides is 6. The summed E-state index contributed by atoms with van der Waals surface area (Å²) in [7, 11) is 0. The summed E-state index contributed by atoms with van der Waals surface area (Å²) in [4.78, 5) is 21.7. The normalized spacial score (nSPS) is 23.7. The molecule has 1 aliphatic carbocycles. The van der Waals surface area contributed by atoms with Crippen molar-refractivity contribution in [3.63, 3.8) is 0 Å². The van der Waals surface area contributed by atoms with Gasteiger partial charge in [-0.15, -0.1) is 18.3 Å². The first-order valence-electron chi connectivity index (χ1n) is 11.2. The Morgan fingerprint density at radius 2 is 1.57 bits per heavy atom. The fourth-order valence-corrected chi connectivity index (χ4v) is 5.99. The SMILES string of the molecule is O=C(N1CC2(CC(n3cnc(C(F)(F)F)n3)C2)C1)N1CC2(CN(Cc3ccn(C(F)(F)F)n3)C2)C1. The maximum absolute atomic E-state index is 12.8. The predicted molar refractivity (Wildman–Crippen MR) is 106 cm³/mol. The van der Waals surface area contributed by atoms with Crippen LogP contribution in [0.5, 0.6) is 0 Å². The number of urea groups is 1. The highest BCUT2D eigenvalue weighted by Crippen LogP contribution is 2.54. The van der Waals surface area contributed by atoms with Gasteiger partial charge < -0.3 is 9.80 Å². The molecule has 1 saturated carbocycles. The van der Waals surface area contributed by atoms with E-state index in [4.69, 9.17) is 0 Å². The van der Waals surface area contributed by atoms with Crippen molar-refractivity contribution in [2.75, 3.05) is 39.3 Å². The molecular weight excluding hydrogens is 482 g/mol. The molecular formula is C20H22F6N8O. The summed E-state index contributed by atoms with van der Waals surface area (Å²) < 4.78 is 77.3. The minimum absolute atomic E-state index is 0.00249. The van der Waals surface area contributed by atoms with Crippen molar-refractivity contribution >= 4 is 6.03 Å². The molecule has 0 atom stereocenters. The lowest BCUT2D eigenvalue weighted by Gasteiger charge is -2.63. The van der Waals surface area contributed by atoms with Gasteiger partial charge >= 0.3 is 18.5 Å². The molecule has 4 fully saturated rings. The van der Waals surface area contributed by atoms with Gasteiger partial charge in [0.2, 0.25) is 0 Å². The molecule has 2 amide bonds. The number of carbonyl (C=O) groups excluding carboxylic acids is 1. The van der Waals surface area contributed by atoms with Crippen molar-refractivity contribution in [2.45, 2.75) is 37.9 Å². The lowest BCUT2D eigenvalue weighted by atomic mass is 9.60. The smallest absolute Gasteiger partial charge is 0.323 e. The van der Waals surface area contributed by atoms with Crippen LogP contribution in [-0.2, 0) is 19.0 Å². The van der Waals surface area contributed by atoms with Crippen LogP contribution in [-0.4, -0.2) is 84.5 Å². The van der Waals surface area contributed by atoms with Crippen molar-refractivity contribution in [3.8, 4) is 0 Å². The van der Waals surface area contributed by atoms with Crippen molar-refractivity contribution in [1.82, 2.24) is 39.2 Å². The van der Waals surface area contributed by atoms with E-state index < -0.39 is 18.3 Å². The predicted octanol–water partition coefficient (Wildman–Crippen LogP) is 2.54. The number of rotatable bonds is 3. The molecule has 6 rings (SSSR count). The Bertz CT molecular complexity index is 1130. The number of likely N-dealkylation sites (tertiary alicyclic amines) is 3. The molecule has 3 aliphatic heterocycles. The Morgan fingerprint density at radius 1 is 0.943 bits per heavy atom. The van der Waals surface area contributed by atoms with Gasteiger partial charge in [-0.25, -0.2) is 14.5 Å². The Balaban J connectivity index is 0.926. The molecule has 190 valence electrons. The maximum atomic E-state index is 12.8. The number of carbonyl (C=O) groups is 1. The second kappa shape index (κ2) is 7.11. The zero-order chi connectivity index (χ0) is 24.8. The monoisotopic (exact) mass is 504 g/mol. The zero-order valence-electron chi connectivity index (χ0n) is 18.4. The number of nitrogens with zero attached hydrogens (tertiary/aromatic N) is 8. The Hall–Kier alpha value is -2.84. The van der Waals surface area contributed by atoms with Crippen LogP contribution in [0.1, 0.15) is 30.4 Å². The summed E-state index contributed by atoms with van der Waals surface area (Å²) in [6, 6.07) is 1.19. The van der Waals surface area contributed by atoms with Crippen LogP contribution in [0.15, 0.2) is 18.6 Å². The Morgan fingerprint density at radius 3 is 2.11 bits per heavy atom. The van der Waals surface area contributed by atoms with Crippen LogP contribution in [0.2, 0.25) is 0 Å². The number of halogens is 6. The van der Waals surface area contributed by atoms with E-state index in [2.05, 4.69) is 15.2 Å². The van der Waals surface area contributed by atoms with E-state index in [1.165, 1.54) is 10.7 Å². The van der Waals surface area contributed by atoms with Crippen molar-refractivity contribution in [3.05, 3.63) is 30.1 Å². The van der Waals surface area contributed by atoms with Crippen molar-refractivity contribution < 1.29 is 31.1 Å². The van der Waals surface area contributed by atoms with Crippen LogP contribution in [0.3, 0.4) is 0 Å². The molecule has 15 heteroatoms. The number of hydrogen-bond acceptors (Lipinski definition) is 5. The molecule has 3 saturated heterocycles. The molecule has 0 aromatic carbocycles. The van der Waals surface area contributed by atoms with Crippen LogP contribution >= 0.6 is 0 Å². The zero-order valence-corrected chi connectivity index (χ0v) is 18.4. The molecule has 0 unspecified atom stereocenters. The third-order valence-corrected chi connectivity index (χ3v) is 7.53. The summed E-state index contributed by atoms with van der Waals surface area (Å²) in [6.07, 6.45) is -5.72. The third-order valence-electron chi connectivity index (χ3n) is 7.53. The molecule has 0 N–H and O–H groups in total. The van der Waals surface area contributed by atoms with Crippen LogP contribution in [0.25, 0.3) is 0 Å². The fourth-order valence-electron chi connectivity index (χ4n) is 5.99. The van der Waals surface area contributed by atoms with E-state index >= 15 is 0 Å². The van der Waals surface area contributed by atoms with Gasteiger partial charge in [-0.1, -0.05) is 0 Å².